The molecule has 0 amide bonds. The average molecular weight is 440 g/mol. The lowest BCUT2D eigenvalue weighted by Crippen LogP contribution is -2.38. The lowest BCUT2D eigenvalue weighted by Gasteiger charge is -2.29. The van der Waals surface area contributed by atoms with Crippen LogP contribution in [0.5, 0.6) is 0 Å². The second-order valence-electron chi connectivity index (χ2n) is 8.83. The number of guanidine groups is 1. The van der Waals surface area contributed by atoms with Gasteiger partial charge in [0.2, 0.25) is 5.96 Å². The Balaban J connectivity index is 1.33. The normalized spacial score (nSPS) is 25.8. The average Bonchev–Trinajstić information content (AvgIpc) is 3.18. The van der Waals surface area contributed by atoms with E-state index < -0.39 is 0 Å². The number of nitrogens with two attached hydrogens (primary N) is 1. The molecular formula is C23H30ClN7. The number of likely N-dealkylation sites (tertiary alicyclic amines) is 1. The zero-order valence-electron chi connectivity index (χ0n) is 18.1. The van der Waals surface area contributed by atoms with Crippen LogP contribution in [-0.2, 0) is 6.42 Å². The molecule has 1 aromatic rings. The third-order valence-electron chi connectivity index (χ3n) is 6.86. The van der Waals surface area contributed by atoms with Crippen molar-refractivity contribution in [1.82, 2.24) is 20.2 Å². The summed E-state index contributed by atoms with van der Waals surface area (Å²) in [4.78, 5) is 21.4. The summed E-state index contributed by atoms with van der Waals surface area (Å²) in [6.07, 6.45) is 10.1. The summed E-state index contributed by atoms with van der Waals surface area (Å²) >= 11 is 6.09. The Bertz CT molecular complexity index is 986. The molecule has 5 rings (SSSR count). The molecule has 2 aliphatic heterocycles. The molecule has 1 unspecified atom stereocenters. The molecule has 8 heteroatoms. The lowest BCUT2D eigenvalue weighted by molar-refractivity contribution is 0.219. The van der Waals surface area contributed by atoms with Gasteiger partial charge in [0.25, 0.3) is 0 Å². The van der Waals surface area contributed by atoms with Crippen LogP contribution in [0, 0.1) is 0 Å². The highest BCUT2D eigenvalue weighted by Crippen LogP contribution is 2.41. The predicted molar refractivity (Wildman–Crippen MR) is 125 cm³/mol. The molecule has 1 fully saturated rings. The minimum Gasteiger partial charge on any atom is -0.329 e. The molecule has 3 heterocycles. The summed E-state index contributed by atoms with van der Waals surface area (Å²) in [6.45, 7) is 6.02. The number of aromatic nitrogens is 2. The van der Waals surface area contributed by atoms with Gasteiger partial charge in [-0.05, 0) is 50.2 Å². The molecule has 0 bridgehead atoms. The van der Waals surface area contributed by atoms with Gasteiger partial charge in [0.15, 0.2) is 0 Å². The molecule has 0 saturated carbocycles. The van der Waals surface area contributed by atoms with Crippen LogP contribution in [0.2, 0.25) is 5.15 Å². The largest absolute Gasteiger partial charge is 0.329 e. The molecule has 4 aliphatic rings. The van der Waals surface area contributed by atoms with Crippen molar-refractivity contribution in [1.29, 1.82) is 0 Å². The number of allylic oxidation sites excluding steroid dienone is 4. The Morgan fingerprint density at radius 2 is 2.13 bits per heavy atom. The van der Waals surface area contributed by atoms with Crippen LogP contribution >= 0.6 is 11.6 Å². The van der Waals surface area contributed by atoms with Gasteiger partial charge in [0.05, 0.1) is 35.0 Å². The smallest absolute Gasteiger partial charge is 0.223 e. The van der Waals surface area contributed by atoms with E-state index >= 15 is 0 Å². The first kappa shape index (κ1) is 20.8. The van der Waals surface area contributed by atoms with E-state index in [1.54, 1.807) is 6.20 Å². The van der Waals surface area contributed by atoms with Crippen molar-refractivity contribution in [2.24, 2.45) is 15.7 Å². The van der Waals surface area contributed by atoms with Gasteiger partial charge in [-0.2, -0.15) is 0 Å². The highest BCUT2D eigenvalue weighted by atomic mass is 35.5. The first-order chi connectivity index (χ1) is 15.1. The Hall–Kier alpha value is -2.09. The molecule has 1 aromatic heterocycles. The topological polar surface area (TPSA) is 91.8 Å². The van der Waals surface area contributed by atoms with Crippen LogP contribution < -0.4 is 11.1 Å². The van der Waals surface area contributed by atoms with Crippen LogP contribution in [-0.4, -0.2) is 58.8 Å². The minimum atomic E-state index is 0.275. The number of aryl methyl sites for hydroxylation is 1. The second-order valence-corrected chi connectivity index (χ2v) is 9.22. The first-order valence-electron chi connectivity index (χ1n) is 11.4. The van der Waals surface area contributed by atoms with Crippen LogP contribution in [0.25, 0.3) is 0 Å². The summed E-state index contributed by atoms with van der Waals surface area (Å²) in [5, 5.41) is 4.00. The molecule has 164 valence electrons. The molecule has 2 aliphatic carbocycles. The number of hydrogen-bond acceptors (Lipinski definition) is 5. The molecule has 31 heavy (non-hydrogen) atoms. The quantitative estimate of drug-likeness (QED) is 0.752. The van der Waals surface area contributed by atoms with Gasteiger partial charge in [-0.25, -0.2) is 15.0 Å². The van der Waals surface area contributed by atoms with Gasteiger partial charge in [-0.15, -0.1) is 0 Å². The van der Waals surface area contributed by atoms with Crippen molar-refractivity contribution >= 4 is 23.3 Å². The highest BCUT2D eigenvalue weighted by molar-refractivity contribution is 6.29. The van der Waals surface area contributed by atoms with Gasteiger partial charge in [0.1, 0.15) is 5.15 Å². The molecule has 1 atom stereocenters. The van der Waals surface area contributed by atoms with Crippen LogP contribution in [0.15, 0.2) is 39.1 Å². The van der Waals surface area contributed by atoms with Crippen molar-refractivity contribution in [2.45, 2.75) is 57.4 Å². The highest BCUT2D eigenvalue weighted by Gasteiger charge is 2.32. The lowest BCUT2D eigenvalue weighted by atomic mass is 9.78. The van der Waals surface area contributed by atoms with E-state index in [2.05, 4.69) is 33.2 Å². The fourth-order valence-electron chi connectivity index (χ4n) is 5.25. The summed E-state index contributed by atoms with van der Waals surface area (Å²) in [5.41, 5.74) is 12.6. The fraction of sp³-hybridized carbons (Fsp3) is 0.565. The summed E-state index contributed by atoms with van der Waals surface area (Å²) < 4.78 is 0. The van der Waals surface area contributed by atoms with E-state index in [0.717, 1.165) is 93.5 Å². The Morgan fingerprint density at radius 1 is 1.29 bits per heavy atom. The maximum absolute atomic E-state index is 6.09. The number of rotatable bonds is 4. The van der Waals surface area contributed by atoms with E-state index in [0.29, 0.717) is 11.2 Å². The fourth-order valence-corrected chi connectivity index (χ4v) is 5.40. The van der Waals surface area contributed by atoms with Gasteiger partial charge >= 0.3 is 0 Å². The van der Waals surface area contributed by atoms with Crippen LogP contribution in [0.4, 0.5) is 0 Å². The first-order valence-corrected chi connectivity index (χ1v) is 11.8. The maximum Gasteiger partial charge on any atom is 0.223 e. The zero-order chi connectivity index (χ0) is 21.4. The Kier molecular flexibility index (Phi) is 5.91. The molecule has 0 radical (unpaired) electrons. The third kappa shape index (κ3) is 4.19. The number of nitrogens with zero attached hydrogens (tertiary/aromatic N) is 5. The molecule has 7 nitrogen and oxygen atoms in total. The van der Waals surface area contributed by atoms with E-state index in [1.165, 1.54) is 11.1 Å². The van der Waals surface area contributed by atoms with E-state index in [4.69, 9.17) is 27.3 Å². The number of hydrogen-bond donors (Lipinski definition) is 2. The minimum absolute atomic E-state index is 0.275. The van der Waals surface area contributed by atoms with Crippen LogP contribution in [0.3, 0.4) is 0 Å². The molecule has 0 aromatic carbocycles. The summed E-state index contributed by atoms with van der Waals surface area (Å²) in [5.74, 6) is 1.05. The summed E-state index contributed by atoms with van der Waals surface area (Å²) in [6, 6.07) is 0.333. The van der Waals surface area contributed by atoms with E-state index in [-0.39, 0.29) is 5.92 Å². The van der Waals surface area contributed by atoms with Crippen molar-refractivity contribution in [3.05, 3.63) is 45.7 Å². The monoisotopic (exact) mass is 439 g/mol. The van der Waals surface area contributed by atoms with Crippen molar-refractivity contribution in [3.63, 3.8) is 0 Å². The number of piperidine rings is 1. The van der Waals surface area contributed by atoms with Crippen molar-refractivity contribution < 1.29 is 0 Å². The maximum atomic E-state index is 6.09. The third-order valence-corrected chi connectivity index (χ3v) is 7.04. The zero-order valence-corrected chi connectivity index (χ0v) is 18.8. The van der Waals surface area contributed by atoms with Gasteiger partial charge in [0, 0.05) is 38.5 Å². The number of halogens is 1. The van der Waals surface area contributed by atoms with Crippen molar-refractivity contribution in [3.8, 4) is 0 Å². The number of nitrogens with one attached hydrogen (secondary N) is 1. The second kappa shape index (κ2) is 8.81. The Labute approximate surface area is 188 Å². The van der Waals surface area contributed by atoms with Gasteiger partial charge in [-0.1, -0.05) is 17.7 Å². The van der Waals surface area contributed by atoms with Gasteiger partial charge < -0.3 is 16.0 Å². The molecule has 3 N–H and O–H groups in total. The number of aliphatic imine (C=N–C) groups is 2. The molecule has 1 saturated heterocycles. The Morgan fingerprint density at radius 3 is 2.94 bits per heavy atom. The van der Waals surface area contributed by atoms with Crippen molar-refractivity contribution in [2.75, 3.05) is 26.2 Å². The number of fused-ring (bicyclic) bond motifs is 2. The predicted octanol–water partition coefficient (Wildman–Crippen LogP) is 2.98. The van der Waals surface area contributed by atoms with E-state index in [9.17, 15) is 0 Å². The van der Waals surface area contributed by atoms with E-state index in [1.807, 2.05) is 0 Å². The molecular weight excluding hydrogens is 410 g/mol. The molecule has 0 spiro atoms. The SMILES string of the molecule is CC1=C2NC(=NC3CCN(CCN)CC3)N=C2CC=C1C1CCCc2nc(Cl)cnc21. The van der Waals surface area contributed by atoms with Crippen LogP contribution in [0.1, 0.15) is 56.3 Å². The summed E-state index contributed by atoms with van der Waals surface area (Å²) in [7, 11) is 0. The standard InChI is InChI=1S/C23H30ClN7/c1-14-16(17-3-2-4-18-22(17)26-13-20(24)28-18)5-6-19-21(14)30-23(29-19)27-15-7-10-31(11-8-15)12-9-25/h5,13,15,17H,2-4,6-12,25H2,1H3,(H,27,30). The van der Waals surface area contributed by atoms with Gasteiger partial charge in [-0.3, -0.25) is 4.98 Å².